The van der Waals surface area contributed by atoms with E-state index < -0.39 is 99.2 Å². The molecule has 0 aromatic rings. The van der Waals surface area contributed by atoms with Gasteiger partial charge in [0.1, 0.15) is 43.2 Å². The van der Waals surface area contributed by atoms with Gasteiger partial charge in [-0.25, -0.2) is 23.1 Å². The van der Waals surface area contributed by atoms with Gasteiger partial charge in [0.2, 0.25) is 0 Å². The molecule has 1 aliphatic carbocycles. The highest BCUT2D eigenvalue weighted by atomic mass is 31.2. The van der Waals surface area contributed by atoms with Crippen LogP contribution >= 0.6 is 31.3 Å². The smallest absolute Gasteiger partial charge is 0.456 e. The lowest BCUT2D eigenvalue weighted by Gasteiger charge is -2.45. The van der Waals surface area contributed by atoms with Crippen molar-refractivity contribution in [3.63, 3.8) is 0 Å². The molecule has 0 amide bonds. The third-order valence-corrected chi connectivity index (χ3v) is 10.8. The first-order chi connectivity index (χ1) is 29.0. The molecule has 0 aromatic heterocycles. The Kier molecular flexibility index (Phi) is 27.2. The molecule has 0 bridgehead atoms. The molecule has 22 nitrogen and oxygen atoms in total. The molecule has 5 unspecified atom stereocenters. The van der Waals surface area contributed by atoms with Crippen LogP contribution in [-0.2, 0) is 59.9 Å². The predicted octanol–water partition coefficient (Wildman–Crippen LogP) is 2.24. The number of phosphoric ester groups is 4. The van der Waals surface area contributed by atoms with Gasteiger partial charge in [0.05, 0.1) is 6.61 Å². The van der Waals surface area contributed by atoms with Gasteiger partial charge in [0, 0.05) is 12.3 Å². The Bertz CT molecular complexity index is 1880. The summed E-state index contributed by atoms with van der Waals surface area (Å²) in [6, 6.07) is 0. The zero-order valence-electron chi connectivity index (χ0n) is 33.6. The minimum Gasteiger partial charge on any atom is -0.456 e. The summed E-state index contributed by atoms with van der Waals surface area (Å²) in [5, 5.41) is 21.7. The number of carbonyl (C=O) groups excluding carboxylic acids is 2. The van der Waals surface area contributed by atoms with Crippen LogP contribution in [0.4, 0.5) is 0 Å². The largest absolute Gasteiger partial charge is 0.472 e. The summed E-state index contributed by atoms with van der Waals surface area (Å²) in [4.78, 5) is 91.6. The molecule has 0 radical (unpaired) electrons. The van der Waals surface area contributed by atoms with E-state index in [1.54, 1.807) is 0 Å². The standard InChI is InChI=1S/C36H52O22P4/c1-3-5-7-9-11-13-14-15-16-17-19-21-23-25-30(38)54-28(26-52-29(37)24-22-20-18-12-10-8-6-4-2)27-53-62(50,51)58-33-31(39)34(55-59(41,42)43)36(57-61(47,48)49)35(32(33)40)56-60(44,45)46/h2,28,31-36,39-40H,3,5,7,9,11,13-17,19,21,23,25-27H2,1H3,(H,50,51)(H2,41,42,43)(H2,44,45,46)(H2,47,48,49)/t28-,31-,32?,33?,34?,35+,36?/m1/s1. The van der Waals surface area contributed by atoms with Crippen LogP contribution < -0.4 is 0 Å². The molecule has 1 fully saturated rings. The Labute approximate surface area is 359 Å². The maximum absolute atomic E-state index is 13.1. The van der Waals surface area contributed by atoms with Crippen LogP contribution in [0.3, 0.4) is 0 Å². The molecule has 1 aliphatic rings. The van der Waals surface area contributed by atoms with Crippen molar-refractivity contribution in [3.8, 4) is 59.7 Å². The van der Waals surface area contributed by atoms with Crippen molar-refractivity contribution >= 4 is 43.2 Å². The first-order valence-corrected chi connectivity index (χ1v) is 25.1. The van der Waals surface area contributed by atoms with E-state index in [1.165, 1.54) is 38.5 Å². The SMILES string of the molecule is C#CC#CC#CC#CC#CC(=O)OC[C@H](COP(=O)(O)OC1C(O)[C@H](OP(=O)(O)O)C(OP(=O)(O)O)C(OP(=O)(O)O)[C@@H]1O)OC(=O)CCCCCCCCCCCCCCC. The summed E-state index contributed by atoms with van der Waals surface area (Å²) in [6.45, 7) is 0.200. The van der Waals surface area contributed by atoms with E-state index in [0.29, 0.717) is 12.8 Å². The third kappa shape index (κ3) is 27.3. The van der Waals surface area contributed by atoms with Gasteiger partial charge in [-0.3, -0.25) is 27.4 Å². The van der Waals surface area contributed by atoms with Crippen LogP contribution in [-0.4, -0.2) is 112 Å². The average molecular weight is 961 g/mol. The van der Waals surface area contributed by atoms with Gasteiger partial charge >= 0.3 is 43.2 Å². The number of aliphatic hydroxyl groups excluding tert-OH is 2. The summed E-state index contributed by atoms with van der Waals surface area (Å²) in [5.41, 5.74) is 0. The molecule has 9 N–H and O–H groups in total. The molecule has 8 atom stereocenters. The summed E-state index contributed by atoms with van der Waals surface area (Å²) >= 11 is 0. The highest BCUT2D eigenvalue weighted by Crippen LogP contribution is 2.53. The van der Waals surface area contributed by atoms with Crippen LogP contribution in [0.25, 0.3) is 0 Å². The van der Waals surface area contributed by atoms with E-state index >= 15 is 0 Å². The van der Waals surface area contributed by atoms with E-state index in [9.17, 15) is 72.3 Å². The average Bonchev–Trinajstić information content (AvgIpc) is 3.16. The fourth-order valence-electron chi connectivity index (χ4n) is 5.61. The van der Waals surface area contributed by atoms with Crippen molar-refractivity contribution in [3.05, 3.63) is 0 Å². The van der Waals surface area contributed by atoms with E-state index in [2.05, 4.69) is 61.9 Å². The fourth-order valence-corrected chi connectivity index (χ4v) is 8.26. The monoisotopic (exact) mass is 960 g/mol. The molecule has 0 saturated heterocycles. The van der Waals surface area contributed by atoms with Gasteiger partial charge in [0.15, 0.2) is 6.10 Å². The number of ether oxygens (including phenoxy) is 2. The highest BCUT2D eigenvalue weighted by Gasteiger charge is 2.59. The normalized spacial score (nSPS) is 21.4. The lowest BCUT2D eigenvalue weighted by atomic mass is 9.85. The molecule has 0 aromatic carbocycles. The molecular formula is C36H52O22P4. The molecule has 0 spiro atoms. The first-order valence-electron chi connectivity index (χ1n) is 19.0. The zero-order chi connectivity index (χ0) is 46.8. The van der Waals surface area contributed by atoms with Crippen molar-refractivity contribution in [2.24, 2.45) is 0 Å². The lowest BCUT2D eigenvalue weighted by molar-refractivity contribution is -0.209. The number of unbranched alkanes of at least 4 members (excludes halogenated alkanes) is 12. The van der Waals surface area contributed by atoms with Crippen molar-refractivity contribution in [2.45, 2.75) is 140 Å². The van der Waals surface area contributed by atoms with Crippen LogP contribution in [0.1, 0.15) is 96.8 Å². The van der Waals surface area contributed by atoms with Crippen molar-refractivity contribution in [1.29, 1.82) is 0 Å². The number of phosphoric acid groups is 4. The van der Waals surface area contributed by atoms with Gasteiger partial charge in [-0.05, 0) is 53.8 Å². The Hall–Kier alpha value is -2.90. The van der Waals surface area contributed by atoms with Crippen LogP contribution in [0, 0.1) is 59.7 Å². The Morgan fingerprint density at radius 2 is 0.984 bits per heavy atom. The van der Waals surface area contributed by atoms with Crippen LogP contribution in [0.5, 0.6) is 0 Å². The van der Waals surface area contributed by atoms with Gasteiger partial charge in [-0.15, -0.1) is 6.42 Å². The van der Waals surface area contributed by atoms with Gasteiger partial charge in [-0.1, -0.05) is 84.0 Å². The zero-order valence-corrected chi connectivity index (χ0v) is 37.1. The molecule has 348 valence electrons. The second-order valence-electron chi connectivity index (χ2n) is 13.3. The van der Waals surface area contributed by atoms with E-state index in [1.807, 2.05) is 11.8 Å². The van der Waals surface area contributed by atoms with Crippen molar-refractivity contribution in [1.82, 2.24) is 0 Å². The molecular weight excluding hydrogens is 908 g/mol. The molecule has 62 heavy (non-hydrogen) atoms. The van der Waals surface area contributed by atoms with Crippen molar-refractivity contribution in [2.75, 3.05) is 13.2 Å². The second kappa shape index (κ2) is 29.5. The number of terminal acetylenes is 1. The number of carbonyl (C=O) groups is 2. The maximum Gasteiger partial charge on any atom is 0.472 e. The summed E-state index contributed by atoms with van der Waals surface area (Å²) in [6.07, 6.45) is 0.0140. The Morgan fingerprint density at radius 3 is 1.44 bits per heavy atom. The number of hydrogen-bond acceptors (Lipinski definition) is 15. The third-order valence-electron chi connectivity index (χ3n) is 8.24. The number of rotatable bonds is 28. The second-order valence-corrected chi connectivity index (χ2v) is 18.3. The van der Waals surface area contributed by atoms with Gasteiger partial charge in [0.25, 0.3) is 0 Å². The Balaban J connectivity index is 3.09. The first kappa shape index (κ1) is 57.1. The Morgan fingerprint density at radius 1 is 0.565 bits per heavy atom. The van der Waals surface area contributed by atoms with Crippen LogP contribution in [0.2, 0.25) is 0 Å². The van der Waals surface area contributed by atoms with Crippen LogP contribution in [0.15, 0.2) is 0 Å². The summed E-state index contributed by atoms with van der Waals surface area (Å²) in [5.74, 6) is 17.7. The number of esters is 2. The van der Waals surface area contributed by atoms with Crippen molar-refractivity contribution < 1.29 is 104 Å². The maximum atomic E-state index is 13.1. The topological polar surface area (TPSA) is 349 Å². The van der Waals surface area contributed by atoms with E-state index in [0.717, 1.165) is 32.1 Å². The molecule has 26 heteroatoms. The summed E-state index contributed by atoms with van der Waals surface area (Å²) in [7, 11) is -23.1. The quantitative estimate of drug-likeness (QED) is 0.0178. The molecule has 0 aliphatic heterocycles. The highest BCUT2D eigenvalue weighted by molar-refractivity contribution is 7.47. The van der Waals surface area contributed by atoms with E-state index in [-0.39, 0.29) is 6.42 Å². The van der Waals surface area contributed by atoms with E-state index in [4.69, 9.17) is 24.9 Å². The summed E-state index contributed by atoms with van der Waals surface area (Å²) < 4.78 is 80.8. The minimum atomic E-state index is -5.81. The molecule has 1 rings (SSSR count). The van der Waals surface area contributed by atoms with Gasteiger partial charge in [-0.2, -0.15) is 0 Å². The lowest BCUT2D eigenvalue weighted by Crippen LogP contribution is -2.65. The minimum absolute atomic E-state index is 0.127. The number of hydrogen-bond donors (Lipinski definition) is 9. The molecule has 0 heterocycles. The fraction of sp³-hybridized carbons (Fsp3) is 0.667. The van der Waals surface area contributed by atoms with Gasteiger partial charge < -0.3 is 53.9 Å². The molecule has 1 saturated carbocycles. The number of aliphatic hydroxyl groups is 2. The predicted molar refractivity (Wildman–Crippen MR) is 215 cm³/mol.